The molecule has 1 saturated carbocycles. The summed E-state index contributed by atoms with van der Waals surface area (Å²) in [5, 5.41) is 0.455. The summed E-state index contributed by atoms with van der Waals surface area (Å²) in [7, 11) is 0. The van der Waals surface area contributed by atoms with Crippen molar-refractivity contribution in [2.24, 2.45) is 5.41 Å². The molecule has 0 atom stereocenters. The van der Waals surface area contributed by atoms with Crippen molar-refractivity contribution in [3.05, 3.63) is 28.8 Å². The molecule has 1 saturated heterocycles. The zero-order chi connectivity index (χ0) is 14.2. The van der Waals surface area contributed by atoms with Crippen molar-refractivity contribution in [2.45, 2.75) is 38.5 Å². The van der Waals surface area contributed by atoms with E-state index in [0.29, 0.717) is 21.7 Å². The van der Waals surface area contributed by atoms with Crippen LogP contribution >= 0.6 is 11.6 Å². The zero-order valence-corrected chi connectivity index (χ0v) is 12.5. The highest BCUT2D eigenvalue weighted by Crippen LogP contribution is 2.46. The first-order chi connectivity index (χ1) is 9.60. The number of nitrogens with zero attached hydrogens (tertiary/aromatic N) is 1. The Morgan fingerprint density at radius 2 is 1.80 bits per heavy atom. The van der Waals surface area contributed by atoms with Gasteiger partial charge >= 0.3 is 0 Å². The molecule has 1 aromatic rings. The Hall–Kier alpha value is -1.22. The van der Waals surface area contributed by atoms with Gasteiger partial charge in [-0.1, -0.05) is 24.4 Å². The van der Waals surface area contributed by atoms with E-state index < -0.39 is 0 Å². The normalized spacial score (nSPS) is 21.4. The second-order valence-corrected chi connectivity index (χ2v) is 6.65. The standard InChI is InChI=1S/C16H21ClN2O/c17-14-11-12(18)3-4-13(14)15(20)19-9-7-16(8-10-19)5-1-2-6-16/h3-4,11H,1-2,5-10,18H2. The van der Waals surface area contributed by atoms with Crippen molar-refractivity contribution < 1.29 is 4.79 Å². The Morgan fingerprint density at radius 1 is 1.15 bits per heavy atom. The summed E-state index contributed by atoms with van der Waals surface area (Å²) in [6.07, 6.45) is 7.70. The first kappa shape index (κ1) is 13.7. The van der Waals surface area contributed by atoms with E-state index in [2.05, 4.69) is 0 Å². The highest BCUT2D eigenvalue weighted by molar-refractivity contribution is 6.34. The zero-order valence-electron chi connectivity index (χ0n) is 11.7. The number of nitrogens with two attached hydrogens (primary N) is 1. The van der Waals surface area contributed by atoms with Crippen molar-refractivity contribution >= 4 is 23.2 Å². The number of carbonyl (C=O) groups is 1. The number of anilines is 1. The molecule has 1 aliphatic carbocycles. The monoisotopic (exact) mass is 292 g/mol. The third-order valence-electron chi connectivity index (χ3n) is 5.00. The van der Waals surface area contributed by atoms with E-state index in [1.165, 1.54) is 25.7 Å². The number of halogens is 1. The first-order valence-electron chi connectivity index (χ1n) is 7.44. The van der Waals surface area contributed by atoms with Crippen LogP contribution in [0.3, 0.4) is 0 Å². The van der Waals surface area contributed by atoms with Crippen LogP contribution < -0.4 is 5.73 Å². The van der Waals surface area contributed by atoms with Gasteiger partial charge in [-0.3, -0.25) is 4.79 Å². The number of carbonyl (C=O) groups excluding carboxylic acids is 1. The van der Waals surface area contributed by atoms with Crippen LogP contribution in [0.1, 0.15) is 48.9 Å². The van der Waals surface area contributed by atoms with Crippen molar-refractivity contribution in [1.82, 2.24) is 4.90 Å². The lowest BCUT2D eigenvalue weighted by molar-refractivity contribution is 0.0587. The molecule has 3 nitrogen and oxygen atoms in total. The lowest BCUT2D eigenvalue weighted by Gasteiger charge is -2.39. The van der Waals surface area contributed by atoms with Crippen LogP contribution in [0.4, 0.5) is 5.69 Å². The van der Waals surface area contributed by atoms with Crippen molar-refractivity contribution in [1.29, 1.82) is 0 Å². The minimum Gasteiger partial charge on any atom is -0.399 e. The van der Waals surface area contributed by atoms with Crippen LogP contribution in [0.15, 0.2) is 18.2 Å². The topological polar surface area (TPSA) is 46.3 Å². The van der Waals surface area contributed by atoms with E-state index in [9.17, 15) is 4.79 Å². The van der Waals surface area contributed by atoms with Crippen molar-refractivity contribution in [3.8, 4) is 0 Å². The Kier molecular flexibility index (Phi) is 3.63. The Morgan fingerprint density at radius 3 is 2.40 bits per heavy atom. The van der Waals surface area contributed by atoms with Gasteiger partial charge in [0.15, 0.2) is 0 Å². The predicted octanol–water partition coefficient (Wildman–Crippen LogP) is 3.72. The summed E-state index contributed by atoms with van der Waals surface area (Å²) in [6, 6.07) is 5.12. The number of hydrogen-bond acceptors (Lipinski definition) is 2. The Bertz CT molecular complexity index is 513. The van der Waals surface area contributed by atoms with Gasteiger partial charge in [-0.25, -0.2) is 0 Å². The maximum absolute atomic E-state index is 12.5. The second-order valence-electron chi connectivity index (χ2n) is 6.24. The molecular formula is C16H21ClN2O. The highest BCUT2D eigenvalue weighted by atomic mass is 35.5. The summed E-state index contributed by atoms with van der Waals surface area (Å²) in [5.74, 6) is 0.0443. The largest absolute Gasteiger partial charge is 0.399 e. The summed E-state index contributed by atoms with van der Waals surface area (Å²) in [4.78, 5) is 14.5. The van der Waals surface area contributed by atoms with Gasteiger partial charge in [0, 0.05) is 18.8 Å². The molecule has 20 heavy (non-hydrogen) atoms. The molecule has 1 heterocycles. The number of benzene rings is 1. The fourth-order valence-corrected chi connectivity index (χ4v) is 3.95. The van der Waals surface area contributed by atoms with Crippen LogP contribution in [0, 0.1) is 5.41 Å². The van der Waals surface area contributed by atoms with Crippen molar-refractivity contribution in [3.63, 3.8) is 0 Å². The van der Waals surface area contributed by atoms with E-state index >= 15 is 0 Å². The maximum atomic E-state index is 12.5. The second kappa shape index (κ2) is 5.28. The average molecular weight is 293 g/mol. The Balaban J connectivity index is 1.69. The van der Waals surface area contributed by atoms with E-state index in [-0.39, 0.29) is 5.91 Å². The fraction of sp³-hybridized carbons (Fsp3) is 0.562. The van der Waals surface area contributed by atoms with Gasteiger partial charge < -0.3 is 10.6 Å². The highest BCUT2D eigenvalue weighted by Gasteiger charge is 2.38. The molecule has 1 aliphatic heterocycles. The third kappa shape index (κ3) is 2.51. The van der Waals surface area contributed by atoms with Crippen LogP contribution in [0.2, 0.25) is 5.02 Å². The van der Waals surface area contributed by atoms with Gasteiger partial charge in [-0.05, 0) is 49.3 Å². The number of likely N-dealkylation sites (tertiary alicyclic amines) is 1. The number of amides is 1. The molecule has 2 aliphatic rings. The minimum atomic E-state index is 0.0443. The first-order valence-corrected chi connectivity index (χ1v) is 7.82. The molecule has 0 unspecified atom stereocenters. The van der Waals surface area contributed by atoms with E-state index in [1.807, 2.05) is 4.90 Å². The fourth-order valence-electron chi connectivity index (χ4n) is 3.68. The molecular weight excluding hydrogens is 272 g/mol. The Labute approximate surface area is 125 Å². The third-order valence-corrected chi connectivity index (χ3v) is 5.31. The predicted molar refractivity (Wildman–Crippen MR) is 81.9 cm³/mol. The lowest BCUT2D eigenvalue weighted by atomic mass is 9.77. The van der Waals surface area contributed by atoms with E-state index in [1.54, 1.807) is 18.2 Å². The molecule has 4 heteroatoms. The minimum absolute atomic E-state index is 0.0443. The summed E-state index contributed by atoms with van der Waals surface area (Å²) < 4.78 is 0. The van der Waals surface area contributed by atoms with Gasteiger partial charge in [0.25, 0.3) is 5.91 Å². The van der Waals surface area contributed by atoms with Crippen LogP contribution in [0.5, 0.6) is 0 Å². The number of nitrogen functional groups attached to an aromatic ring is 1. The maximum Gasteiger partial charge on any atom is 0.255 e. The van der Waals surface area contributed by atoms with Gasteiger partial charge in [0.2, 0.25) is 0 Å². The van der Waals surface area contributed by atoms with E-state index in [0.717, 1.165) is 25.9 Å². The molecule has 2 N–H and O–H groups in total. The van der Waals surface area contributed by atoms with Gasteiger partial charge in [0.05, 0.1) is 10.6 Å². The molecule has 1 aromatic carbocycles. The average Bonchev–Trinajstić information content (AvgIpc) is 2.87. The smallest absolute Gasteiger partial charge is 0.255 e. The summed E-state index contributed by atoms with van der Waals surface area (Å²) in [5.41, 5.74) is 7.37. The van der Waals surface area contributed by atoms with E-state index in [4.69, 9.17) is 17.3 Å². The number of rotatable bonds is 1. The molecule has 2 fully saturated rings. The van der Waals surface area contributed by atoms with Crippen LogP contribution in [-0.4, -0.2) is 23.9 Å². The summed E-state index contributed by atoms with van der Waals surface area (Å²) >= 11 is 6.14. The van der Waals surface area contributed by atoms with Gasteiger partial charge in [-0.15, -0.1) is 0 Å². The molecule has 108 valence electrons. The van der Waals surface area contributed by atoms with Gasteiger partial charge in [0.1, 0.15) is 0 Å². The molecule has 0 bridgehead atoms. The number of piperidine rings is 1. The molecule has 1 spiro atoms. The molecule has 1 amide bonds. The molecule has 0 aromatic heterocycles. The van der Waals surface area contributed by atoms with Gasteiger partial charge in [-0.2, -0.15) is 0 Å². The summed E-state index contributed by atoms with van der Waals surface area (Å²) in [6.45, 7) is 1.72. The molecule has 0 radical (unpaired) electrons. The van der Waals surface area contributed by atoms with Crippen LogP contribution in [-0.2, 0) is 0 Å². The molecule has 3 rings (SSSR count). The van der Waals surface area contributed by atoms with Crippen LogP contribution in [0.25, 0.3) is 0 Å². The van der Waals surface area contributed by atoms with Crippen molar-refractivity contribution in [2.75, 3.05) is 18.8 Å². The quantitative estimate of drug-likeness (QED) is 0.802. The lowest BCUT2D eigenvalue weighted by Crippen LogP contribution is -2.42. The number of hydrogen-bond donors (Lipinski definition) is 1. The SMILES string of the molecule is Nc1ccc(C(=O)N2CCC3(CCCC3)CC2)c(Cl)c1.